The smallest absolute Gasteiger partial charge is 0.324 e. The average molecular weight is 1100 g/mol. The molecule has 16 nitrogen and oxygen atoms in total. The number of aromatic nitrogens is 1. The van der Waals surface area contributed by atoms with Gasteiger partial charge < -0.3 is 43.9 Å². The normalized spacial score (nSPS) is 19.1. The van der Waals surface area contributed by atoms with Gasteiger partial charge in [0.05, 0.1) is 31.6 Å². The number of carbonyl (C=O) groups is 5. The molecule has 0 aliphatic carbocycles. The lowest BCUT2D eigenvalue weighted by Crippen LogP contribution is -2.63. The van der Waals surface area contributed by atoms with E-state index in [1.807, 2.05) is 32.0 Å². The molecule has 0 radical (unpaired) electrons. The zero-order chi connectivity index (χ0) is 50.4. The summed E-state index contributed by atoms with van der Waals surface area (Å²) in [5, 5.41) is 16.8. The van der Waals surface area contributed by atoms with Gasteiger partial charge in [0.1, 0.15) is 23.9 Å². The Kier molecular flexibility index (Phi) is 23.8. The van der Waals surface area contributed by atoms with E-state index in [1.54, 1.807) is 36.1 Å². The Labute approximate surface area is 464 Å². The summed E-state index contributed by atoms with van der Waals surface area (Å²) in [6, 6.07) is 16.1. The zero-order valence-corrected chi connectivity index (χ0v) is 48.1. The Morgan fingerprint density at radius 1 is 0.986 bits per heavy atom. The van der Waals surface area contributed by atoms with Crippen LogP contribution in [-0.4, -0.2) is 151 Å². The van der Waals surface area contributed by atoms with Crippen LogP contribution >= 0.6 is 54.0 Å². The molecule has 74 heavy (non-hydrogen) atoms. The molecule has 3 aromatic carbocycles. The lowest BCUT2D eigenvalue weighted by molar-refractivity contribution is -0.155. The molecule has 0 spiro atoms. The minimum Gasteiger partial charge on any atom is -0.508 e. The van der Waals surface area contributed by atoms with E-state index in [-0.39, 0.29) is 117 Å². The number of methoxy groups -OCH3 is 2. The third-order valence-electron chi connectivity index (χ3n) is 13.9. The van der Waals surface area contributed by atoms with Crippen molar-refractivity contribution in [2.45, 2.75) is 97.4 Å². The van der Waals surface area contributed by atoms with E-state index < -0.39 is 53.4 Å². The summed E-state index contributed by atoms with van der Waals surface area (Å²) in [5.74, 6) is -2.15. The standard InChI is InChI=1S/C54H71N7O9.4H2S/c1-10-47(63)60-23-22-58(31-39(60)32-69-9)53(67)57(7)48(34(3)4)50(64)55-45-27-35-25-38(28-40(62)26-35)37-18-19-46-42(29-37)43(49(59(46)11-2)41-16-13-12-15-36(41)20-24-68-8)30-54(5,6)33-70-52(66)44-17-14-21-61(56-44)51(45)65;;;;/h10,12-13,15-16,18-19,25-26,28-29,34,39,44-45,48,56,62H,1,11,14,17,20-24,27,30-33H2,2-9H3,(H,55,64);4*1H2/t39-,44-,45-,48-;;;;/m0..../s1. The third kappa shape index (κ3) is 14.1. The van der Waals surface area contributed by atoms with E-state index in [2.05, 4.69) is 73.0 Å². The minimum atomic E-state index is -1.18. The molecule has 5 amide bonds. The topological polar surface area (TPSA) is 175 Å². The number of piperazine rings is 1. The van der Waals surface area contributed by atoms with E-state index in [0.29, 0.717) is 38.0 Å². The number of fused-ring (bicyclic) bond motifs is 6. The van der Waals surface area contributed by atoms with Crippen molar-refractivity contribution in [3.63, 3.8) is 0 Å². The van der Waals surface area contributed by atoms with Gasteiger partial charge in [-0.15, -0.1) is 0 Å². The number of ether oxygens (including phenoxy) is 3. The van der Waals surface area contributed by atoms with Gasteiger partial charge in [0, 0.05) is 82.3 Å². The Hall–Kier alpha value is -4.83. The summed E-state index contributed by atoms with van der Waals surface area (Å²) in [6.45, 7) is 16.2. The van der Waals surface area contributed by atoms with Crippen LogP contribution in [0.4, 0.5) is 4.79 Å². The van der Waals surface area contributed by atoms with E-state index in [0.717, 1.165) is 50.8 Å². The van der Waals surface area contributed by atoms with E-state index >= 15 is 0 Å². The van der Waals surface area contributed by atoms with Crippen LogP contribution in [0.1, 0.15) is 64.2 Å². The lowest BCUT2D eigenvalue weighted by Gasteiger charge is -2.43. The first-order chi connectivity index (χ1) is 33.5. The number of hydrazine groups is 1. The van der Waals surface area contributed by atoms with Crippen LogP contribution in [0, 0.1) is 11.3 Å². The molecule has 0 saturated carbocycles. The highest BCUT2D eigenvalue weighted by Gasteiger charge is 2.40. The molecule has 3 N–H and O–H groups in total. The lowest BCUT2D eigenvalue weighted by atomic mass is 9.83. The molecule has 4 aromatic rings. The first kappa shape index (κ1) is 63.5. The molecular formula is C54H79N7O9S4. The number of phenols is 1. The van der Waals surface area contributed by atoms with Gasteiger partial charge in [-0.1, -0.05) is 70.7 Å². The van der Waals surface area contributed by atoms with E-state index in [4.69, 9.17) is 14.2 Å². The number of nitrogens with zero attached hydrogens (tertiary/aromatic N) is 5. The number of hydrogen-bond acceptors (Lipinski definition) is 10. The Morgan fingerprint density at radius 2 is 1.72 bits per heavy atom. The van der Waals surface area contributed by atoms with Crippen molar-refractivity contribution in [3.8, 4) is 28.1 Å². The van der Waals surface area contributed by atoms with Crippen LogP contribution < -0.4 is 10.7 Å². The van der Waals surface area contributed by atoms with Crippen LogP contribution in [0.2, 0.25) is 0 Å². The van der Waals surface area contributed by atoms with Crippen molar-refractivity contribution in [3.05, 3.63) is 90.0 Å². The van der Waals surface area contributed by atoms with Crippen molar-refractivity contribution < 1.29 is 43.3 Å². The fraction of sp³-hybridized carbons (Fsp3) is 0.500. The Balaban J connectivity index is 0.00000361. The number of rotatable bonds is 12. The summed E-state index contributed by atoms with van der Waals surface area (Å²) >= 11 is 0. The largest absolute Gasteiger partial charge is 0.508 e. The SMILES string of the molecule is C=CC(=O)N1CCN(C(=O)N(C)[C@H](C(=O)N[C@H]2Cc3cc(O)cc(c3)-c3ccc4c(c3)c(c(-c3ccccc3CCOC)n4CC)CC(C)(C)COC(=O)[C@@H]3CCCN(N3)C2=O)C(C)C)C[C@H]1COC.S.S.S.S. The fourth-order valence-corrected chi connectivity index (χ4v) is 10.5. The highest BCUT2D eigenvalue weighted by atomic mass is 32.1. The number of esters is 1. The van der Waals surface area contributed by atoms with Crippen molar-refractivity contribution in [2.24, 2.45) is 11.3 Å². The molecule has 20 heteroatoms. The summed E-state index contributed by atoms with van der Waals surface area (Å²) in [6.07, 6.45) is 3.48. The van der Waals surface area contributed by atoms with Gasteiger partial charge in [0.2, 0.25) is 11.8 Å². The van der Waals surface area contributed by atoms with Crippen LogP contribution in [0.5, 0.6) is 5.75 Å². The summed E-state index contributed by atoms with van der Waals surface area (Å²) in [5.41, 5.74) is 10.3. The number of likely N-dealkylation sites (N-methyl/N-ethyl adjacent to an activating group) is 1. The molecule has 2 fully saturated rings. The molecule has 1 aromatic heterocycles. The highest BCUT2D eigenvalue weighted by Crippen LogP contribution is 2.41. The molecule has 6 bridgehead atoms. The van der Waals surface area contributed by atoms with Crippen molar-refractivity contribution in [1.29, 1.82) is 0 Å². The van der Waals surface area contributed by atoms with Crippen LogP contribution in [0.25, 0.3) is 33.3 Å². The molecule has 3 aliphatic rings. The van der Waals surface area contributed by atoms with Gasteiger partial charge in [-0.05, 0) is 96.7 Å². The van der Waals surface area contributed by atoms with E-state index in [1.165, 1.54) is 23.1 Å². The number of aromatic hydroxyl groups is 1. The van der Waals surface area contributed by atoms with Crippen LogP contribution in [0.15, 0.2) is 73.3 Å². The second kappa shape index (κ2) is 27.8. The summed E-state index contributed by atoms with van der Waals surface area (Å²) in [7, 11) is 4.80. The van der Waals surface area contributed by atoms with Gasteiger partial charge in [0.15, 0.2) is 0 Å². The first-order valence-corrected chi connectivity index (χ1v) is 24.5. The predicted octanol–water partition coefficient (Wildman–Crippen LogP) is 6.41. The molecule has 7 rings (SSSR count). The highest BCUT2D eigenvalue weighted by molar-refractivity contribution is 7.59. The number of phenolic OH excluding ortho intramolecular Hbond substituents is 1. The number of nitrogens with one attached hydrogen (secondary N) is 2. The number of hydrogen-bond donors (Lipinski definition) is 3. The van der Waals surface area contributed by atoms with Crippen LogP contribution in [0.3, 0.4) is 0 Å². The maximum atomic E-state index is 14.8. The number of cyclic esters (lactones) is 1. The molecule has 2 saturated heterocycles. The van der Waals surface area contributed by atoms with Gasteiger partial charge in [-0.2, -0.15) is 54.0 Å². The summed E-state index contributed by atoms with van der Waals surface area (Å²) in [4.78, 5) is 75.0. The molecular weight excluding hydrogens is 1020 g/mol. The number of benzene rings is 3. The number of aryl methyl sites for hydroxylation is 1. The third-order valence-corrected chi connectivity index (χ3v) is 13.9. The van der Waals surface area contributed by atoms with Gasteiger partial charge in [0.25, 0.3) is 5.91 Å². The number of urea groups is 1. The first-order valence-electron chi connectivity index (χ1n) is 24.5. The van der Waals surface area contributed by atoms with Gasteiger partial charge >= 0.3 is 12.0 Å². The maximum absolute atomic E-state index is 14.8. The molecule has 3 aliphatic heterocycles. The van der Waals surface area contributed by atoms with Crippen molar-refractivity contribution in [2.75, 3.05) is 67.3 Å². The minimum absolute atomic E-state index is 0. The molecule has 4 heterocycles. The summed E-state index contributed by atoms with van der Waals surface area (Å²) < 4.78 is 19.4. The quantitative estimate of drug-likeness (QED) is 0.106. The van der Waals surface area contributed by atoms with Crippen molar-refractivity contribution >= 4 is 94.6 Å². The van der Waals surface area contributed by atoms with Gasteiger partial charge in [-0.3, -0.25) is 24.2 Å². The maximum Gasteiger partial charge on any atom is 0.324 e. The van der Waals surface area contributed by atoms with Crippen molar-refractivity contribution in [1.82, 2.24) is 35.0 Å². The van der Waals surface area contributed by atoms with Gasteiger partial charge in [-0.25, -0.2) is 10.2 Å². The molecule has 0 unspecified atom stereocenters. The number of amides is 5. The fourth-order valence-electron chi connectivity index (χ4n) is 10.5. The molecule has 4 atom stereocenters. The number of carbonyl (C=O) groups excluding carboxylic acids is 5. The Bertz CT molecular complexity index is 2610. The monoisotopic (exact) mass is 1100 g/mol. The Morgan fingerprint density at radius 3 is 2.39 bits per heavy atom. The second-order valence-corrected chi connectivity index (χ2v) is 20.0. The molecule has 408 valence electrons. The second-order valence-electron chi connectivity index (χ2n) is 20.0. The predicted molar refractivity (Wildman–Crippen MR) is 310 cm³/mol. The van der Waals surface area contributed by atoms with E-state index in [9.17, 15) is 29.1 Å². The zero-order valence-electron chi connectivity index (χ0n) is 44.1. The van der Waals surface area contributed by atoms with Crippen LogP contribution in [-0.2, 0) is 59.2 Å². The average Bonchev–Trinajstić information content (AvgIpc) is 3.64.